The third-order valence-electron chi connectivity index (χ3n) is 3.53. The van der Waals surface area contributed by atoms with Crippen molar-refractivity contribution < 1.29 is 0 Å². The van der Waals surface area contributed by atoms with Gasteiger partial charge in [-0.25, -0.2) is 4.98 Å². The quantitative estimate of drug-likeness (QED) is 0.848. The van der Waals surface area contributed by atoms with Crippen LogP contribution in [0.2, 0.25) is 0 Å². The number of aromatic nitrogens is 3. The predicted octanol–water partition coefficient (Wildman–Crippen LogP) is 3.00. The van der Waals surface area contributed by atoms with Gasteiger partial charge in [0, 0.05) is 11.4 Å². The van der Waals surface area contributed by atoms with Crippen molar-refractivity contribution in [3.05, 3.63) is 24.0 Å². The number of halogens is 1. The first kappa shape index (κ1) is 11.8. The Balaban J connectivity index is 1.83. The molecule has 0 spiro atoms. The molecular formula is C13H17ClN4. The lowest BCUT2D eigenvalue weighted by molar-refractivity contribution is 0.467. The fraction of sp³-hybridized carbons (Fsp3) is 0.538. The molecule has 4 nitrogen and oxygen atoms in total. The standard InChI is InChI=1S/C13H17ClN4/c1-9-6-12-15-8-16-18(12)13(7-9)17-11-4-2-10(14)3-5-11/h6-8,10-11,17H,2-5H2,1H3. The van der Waals surface area contributed by atoms with Gasteiger partial charge in [0.2, 0.25) is 0 Å². The maximum atomic E-state index is 6.13. The smallest absolute Gasteiger partial charge is 0.157 e. The topological polar surface area (TPSA) is 42.2 Å². The minimum Gasteiger partial charge on any atom is -0.367 e. The van der Waals surface area contributed by atoms with Crippen molar-refractivity contribution in [3.63, 3.8) is 0 Å². The molecule has 0 aromatic carbocycles. The summed E-state index contributed by atoms with van der Waals surface area (Å²) in [6, 6.07) is 4.65. The van der Waals surface area contributed by atoms with E-state index < -0.39 is 0 Å². The number of alkyl halides is 1. The molecule has 1 aliphatic rings. The van der Waals surface area contributed by atoms with Crippen LogP contribution in [0.1, 0.15) is 31.2 Å². The van der Waals surface area contributed by atoms with E-state index in [1.807, 2.05) is 10.6 Å². The molecule has 0 unspecified atom stereocenters. The van der Waals surface area contributed by atoms with Crippen molar-refractivity contribution >= 4 is 23.1 Å². The maximum absolute atomic E-state index is 6.13. The molecule has 1 fully saturated rings. The van der Waals surface area contributed by atoms with Crippen LogP contribution in [0.4, 0.5) is 5.82 Å². The molecule has 1 N–H and O–H groups in total. The Morgan fingerprint density at radius 2 is 2.06 bits per heavy atom. The third-order valence-corrected chi connectivity index (χ3v) is 3.97. The summed E-state index contributed by atoms with van der Waals surface area (Å²) in [5.74, 6) is 1.03. The van der Waals surface area contributed by atoms with E-state index in [2.05, 4.69) is 28.4 Å². The Labute approximate surface area is 111 Å². The number of fused-ring (bicyclic) bond motifs is 1. The van der Waals surface area contributed by atoms with E-state index in [9.17, 15) is 0 Å². The van der Waals surface area contributed by atoms with Gasteiger partial charge in [0.1, 0.15) is 12.1 Å². The second-order valence-electron chi connectivity index (χ2n) is 5.04. The number of nitrogens with zero attached hydrogens (tertiary/aromatic N) is 3. The highest BCUT2D eigenvalue weighted by molar-refractivity contribution is 6.20. The van der Waals surface area contributed by atoms with Crippen LogP contribution in [0.15, 0.2) is 18.5 Å². The molecule has 0 radical (unpaired) electrons. The van der Waals surface area contributed by atoms with Gasteiger partial charge in [0.15, 0.2) is 5.65 Å². The number of anilines is 1. The average molecular weight is 265 g/mol. The van der Waals surface area contributed by atoms with Crippen LogP contribution in [0.3, 0.4) is 0 Å². The highest BCUT2D eigenvalue weighted by atomic mass is 35.5. The molecule has 1 aliphatic carbocycles. The molecule has 0 saturated heterocycles. The van der Waals surface area contributed by atoms with E-state index in [1.54, 1.807) is 6.33 Å². The van der Waals surface area contributed by atoms with Crippen molar-refractivity contribution in [2.45, 2.75) is 44.0 Å². The Kier molecular flexibility index (Phi) is 3.12. The van der Waals surface area contributed by atoms with Crippen molar-refractivity contribution in [1.29, 1.82) is 0 Å². The summed E-state index contributed by atoms with van der Waals surface area (Å²) < 4.78 is 1.86. The lowest BCUT2D eigenvalue weighted by Gasteiger charge is -2.26. The van der Waals surface area contributed by atoms with Crippen molar-refractivity contribution in [2.75, 3.05) is 5.32 Å². The summed E-state index contributed by atoms with van der Waals surface area (Å²) in [6.45, 7) is 2.08. The SMILES string of the molecule is Cc1cc(NC2CCC(Cl)CC2)n2ncnc2c1. The molecular weight excluding hydrogens is 248 g/mol. The van der Waals surface area contributed by atoms with Crippen molar-refractivity contribution in [3.8, 4) is 0 Å². The summed E-state index contributed by atoms with van der Waals surface area (Å²) in [7, 11) is 0. The number of aryl methyl sites for hydroxylation is 1. The third kappa shape index (κ3) is 2.29. The van der Waals surface area contributed by atoms with Crippen LogP contribution >= 0.6 is 11.6 Å². The van der Waals surface area contributed by atoms with Crippen LogP contribution < -0.4 is 5.32 Å². The highest BCUT2D eigenvalue weighted by Gasteiger charge is 2.20. The van der Waals surface area contributed by atoms with Crippen LogP contribution in [-0.4, -0.2) is 26.0 Å². The number of rotatable bonds is 2. The maximum Gasteiger partial charge on any atom is 0.157 e. The van der Waals surface area contributed by atoms with Crippen LogP contribution in [0, 0.1) is 6.92 Å². The summed E-state index contributed by atoms with van der Waals surface area (Å²) >= 11 is 6.13. The zero-order valence-corrected chi connectivity index (χ0v) is 11.2. The number of pyridine rings is 1. The zero-order valence-electron chi connectivity index (χ0n) is 10.4. The van der Waals surface area contributed by atoms with Gasteiger partial charge >= 0.3 is 0 Å². The van der Waals surface area contributed by atoms with Gasteiger partial charge in [-0.05, 0) is 50.3 Å². The molecule has 1 saturated carbocycles. The van der Waals surface area contributed by atoms with Gasteiger partial charge < -0.3 is 5.32 Å². The summed E-state index contributed by atoms with van der Waals surface area (Å²) in [4.78, 5) is 4.24. The summed E-state index contributed by atoms with van der Waals surface area (Å²) in [5, 5.41) is 8.18. The lowest BCUT2D eigenvalue weighted by Crippen LogP contribution is -2.27. The fourth-order valence-corrected chi connectivity index (χ4v) is 2.82. The first-order valence-electron chi connectivity index (χ1n) is 6.43. The highest BCUT2D eigenvalue weighted by Crippen LogP contribution is 2.25. The molecule has 0 amide bonds. The minimum absolute atomic E-state index is 0.354. The second kappa shape index (κ2) is 4.76. The van der Waals surface area contributed by atoms with E-state index in [-0.39, 0.29) is 0 Å². The molecule has 5 heteroatoms. The van der Waals surface area contributed by atoms with Crippen molar-refractivity contribution in [2.24, 2.45) is 0 Å². The van der Waals surface area contributed by atoms with Crippen LogP contribution in [0.25, 0.3) is 5.65 Å². The van der Waals surface area contributed by atoms with Gasteiger partial charge in [0.25, 0.3) is 0 Å². The van der Waals surface area contributed by atoms with Gasteiger partial charge in [-0.15, -0.1) is 11.6 Å². The lowest BCUT2D eigenvalue weighted by atomic mass is 9.95. The molecule has 2 heterocycles. The summed E-state index contributed by atoms with van der Waals surface area (Å²) in [5.41, 5.74) is 2.09. The fourth-order valence-electron chi connectivity index (χ4n) is 2.57. The molecule has 3 rings (SSSR count). The predicted molar refractivity (Wildman–Crippen MR) is 73.2 cm³/mol. The number of nitrogens with one attached hydrogen (secondary N) is 1. The Morgan fingerprint density at radius 1 is 1.28 bits per heavy atom. The van der Waals surface area contributed by atoms with Crippen LogP contribution in [0.5, 0.6) is 0 Å². The average Bonchev–Trinajstić information content (AvgIpc) is 2.80. The molecule has 18 heavy (non-hydrogen) atoms. The first-order chi connectivity index (χ1) is 8.72. The number of hydrogen-bond donors (Lipinski definition) is 1. The molecule has 96 valence electrons. The number of hydrogen-bond acceptors (Lipinski definition) is 3. The van der Waals surface area contributed by atoms with Gasteiger partial charge in [-0.3, -0.25) is 0 Å². The molecule has 0 atom stereocenters. The van der Waals surface area contributed by atoms with E-state index >= 15 is 0 Å². The Bertz CT molecular complexity index is 543. The Hall–Kier alpha value is -1.29. The van der Waals surface area contributed by atoms with E-state index in [0.29, 0.717) is 11.4 Å². The molecule has 2 aromatic rings. The van der Waals surface area contributed by atoms with Gasteiger partial charge in [0.05, 0.1) is 0 Å². The Morgan fingerprint density at radius 3 is 2.83 bits per heavy atom. The van der Waals surface area contributed by atoms with Crippen molar-refractivity contribution in [1.82, 2.24) is 14.6 Å². The monoisotopic (exact) mass is 264 g/mol. The molecule has 0 aliphatic heterocycles. The van der Waals surface area contributed by atoms with Gasteiger partial charge in [-0.1, -0.05) is 0 Å². The van der Waals surface area contributed by atoms with Gasteiger partial charge in [-0.2, -0.15) is 9.61 Å². The normalized spacial score (nSPS) is 24.3. The summed E-state index contributed by atoms with van der Waals surface area (Å²) in [6.07, 6.45) is 6.02. The minimum atomic E-state index is 0.354. The first-order valence-corrected chi connectivity index (χ1v) is 6.87. The molecule has 2 aromatic heterocycles. The van der Waals surface area contributed by atoms with E-state index in [1.165, 1.54) is 5.56 Å². The van der Waals surface area contributed by atoms with E-state index in [4.69, 9.17) is 11.6 Å². The molecule has 0 bridgehead atoms. The van der Waals surface area contributed by atoms with Crippen LogP contribution in [-0.2, 0) is 0 Å². The second-order valence-corrected chi connectivity index (χ2v) is 5.66. The van der Waals surface area contributed by atoms with E-state index in [0.717, 1.165) is 37.1 Å². The largest absolute Gasteiger partial charge is 0.367 e. The zero-order chi connectivity index (χ0) is 12.5.